The van der Waals surface area contributed by atoms with Gasteiger partial charge in [-0.1, -0.05) is 39.8 Å². The first-order valence-electron chi connectivity index (χ1n) is 11.1. The van der Waals surface area contributed by atoms with Crippen molar-refractivity contribution < 1.29 is 34.5 Å². The van der Waals surface area contributed by atoms with Crippen molar-refractivity contribution in [3.05, 3.63) is 29.8 Å². The van der Waals surface area contributed by atoms with Crippen molar-refractivity contribution >= 4 is 23.7 Å². The van der Waals surface area contributed by atoms with Crippen LogP contribution in [0.1, 0.15) is 39.7 Å². The Morgan fingerprint density at radius 1 is 0.882 bits per heavy atom. The van der Waals surface area contributed by atoms with E-state index in [4.69, 9.17) is 5.73 Å². The maximum absolute atomic E-state index is 12.9. The maximum atomic E-state index is 12.9. The van der Waals surface area contributed by atoms with Gasteiger partial charge in [-0.2, -0.15) is 0 Å². The summed E-state index contributed by atoms with van der Waals surface area (Å²) in [6.45, 7) is 6.30. The number of carbonyl (C=O) groups is 4. The number of aliphatic carboxylic acids is 1. The van der Waals surface area contributed by atoms with Crippen molar-refractivity contribution in [3.63, 3.8) is 0 Å². The molecular weight excluding hydrogens is 444 g/mol. The highest BCUT2D eigenvalue weighted by atomic mass is 16.4. The molecule has 0 fully saturated rings. The molecule has 0 aliphatic carbocycles. The molecule has 1 aromatic carbocycles. The van der Waals surface area contributed by atoms with E-state index in [1.54, 1.807) is 26.0 Å². The summed E-state index contributed by atoms with van der Waals surface area (Å²) >= 11 is 0. The predicted molar refractivity (Wildman–Crippen MR) is 125 cm³/mol. The van der Waals surface area contributed by atoms with Crippen LogP contribution < -0.4 is 21.7 Å². The van der Waals surface area contributed by atoms with Gasteiger partial charge >= 0.3 is 5.97 Å². The van der Waals surface area contributed by atoms with Gasteiger partial charge in [-0.05, 0) is 36.0 Å². The van der Waals surface area contributed by atoms with Gasteiger partial charge in [0.25, 0.3) is 0 Å². The molecule has 0 aliphatic heterocycles. The Morgan fingerprint density at radius 3 is 1.88 bits per heavy atom. The van der Waals surface area contributed by atoms with E-state index < -0.39 is 60.4 Å². The van der Waals surface area contributed by atoms with Crippen LogP contribution >= 0.6 is 0 Å². The Kier molecular flexibility index (Phi) is 11.5. The average molecular weight is 481 g/mol. The number of aliphatic hydroxyl groups excluding tert-OH is 1. The predicted octanol–water partition coefficient (Wildman–Crippen LogP) is -0.505. The smallest absolute Gasteiger partial charge is 0.326 e. The molecule has 0 bridgehead atoms. The lowest BCUT2D eigenvalue weighted by Gasteiger charge is -2.25. The van der Waals surface area contributed by atoms with Gasteiger partial charge < -0.3 is 37.0 Å². The minimum absolute atomic E-state index is 0.0142. The lowest BCUT2D eigenvalue weighted by atomic mass is 10.0. The summed E-state index contributed by atoms with van der Waals surface area (Å²) in [5, 5.41) is 35.8. The van der Waals surface area contributed by atoms with Gasteiger partial charge in [0, 0.05) is 6.42 Å². The number of carboxylic acid groups (broad SMARTS) is 1. The number of amides is 3. The van der Waals surface area contributed by atoms with Crippen LogP contribution in [0, 0.1) is 11.8 Å². The Bertz CT molecular complexity index is 842. The fourth-order valence-corrected chi connectivity index (χ4v) is 3.20. The van der Waals surface area contributed by atoms with E-state index in [-0.39, 0.29) is 18.1 Å². The van der Waals surface area contributed by atoms with E-state index in [1.807, 2.05) is 13.8 Å². The van der Waals surface area contributed by atoms with Crippen molar-refractivity contribution in [2.75, 3.05) is 6.61 Å². The first-order valence-corrected chi connectivity index (χ1v) is 11.1. The molecule has 3 amide bonds. The molecule has 34 heavy (non-hydrogen) atoms. The van der Waals surface area contributed by atoms with E-state index >= 15 is 0 Å². The van der Waals surface area contributed by atoms with Gasteiger partial charge in [0.05, 0.1) is 12.6 Å². The second kappa shape index (κ2) is 13.5. The van der Waals surface area contributed by atoms with E-state index in [9.17, 15) is 34.5 Å². The molecule has 0 aliphatic rings. The number of aliphatic hydroxyl groups is 1. The second-order valence-corrected chi connectivity index (χ2v) is 8.98. The van der Waals surface area contributed by atoms with Crippen molar-refractivity contribution in [1.82, 2.24) is 16.0 Å². The highest BCUT2D eigenvalue weighted by Crippen LogP contribution is 2.12. The number of hydrogen-bond donors (Lipinski definition) is 7. The quantitative estimate of drug-likeness (QED) is 0.196. The molecule has 0 saturated carbocycles. The largest absolute Gasteiger partial charge is 0.508 e. The monoisotopic (exact) mass is 480 g/mol. The highest BCUT2D eigenvalue weighted by molar-refractivity contribution is 5.94. The Balaban J connectivity index is 3.04. The molecule has 1 rings (SSSR count). The zero-order chi connectivity index (χ0) is 26.0. The fourth-order valence-electron chi connectivity index (χ4n) is 3.20. The molecule has 0 saturated heterocycles. The van der Waals surface area contributed by atoms with Crippen LogP contribution in [0.2, 0.25) is 0 Å². The second-order valence-electron chi connectivity index (χ2n) is 8.98. The number of phenols is 1. The first kappa shape index (κ1) is 28.9. The molecule has 190 valence electrons. The SMILES string of the molecule is CC(C)CC(N)C(=O)NC(CO)C(=O)NC(Cc1ccc(O)cc1)C(=O)NC(C(=O)O)C(C)C. The van der Waals surface area contributed by atoms with Crippen LogP contribution in [0.4, 0.5) is 0 Å². The third-order valence-corrected chi connectivity index (χ3v) is 5.12. The summed E-state index contributed by atoms with van der Waals surface area (Å²) in [4.78, 5) is 49.5. The van der Waals surface area contributed by atoms with Crippen LogP contribution in [0.15, 0.2) is 24.3 Å². The topological polar surface area (TPSA) is 191 Å². The number of hydrogen-bond acceptors (Lipinski definition) is 7. The number of benzene rings is 1. The third-order valence-electron chi connectivity index (χ3n) is 5.12. The molecule has 4 unspecified atom stereocenters. The van der Waals surface area contributed by atoms with Crippen LogP contribution in [0.3, 0.4) is 0 Å². The van der Waals surface area contributed by atoms with Crippen molar-refractivity contribution in [1.29, 1.82) is 0 Å². The molecule has 0 heterocycles. The molecular formula is C23H36N4O7. The molecule has 0 spiro atoms. The van der Waals surface area contributed by atoms with E-state index in [1.165, 1.54) is 12.1 Å². The van der Waals surface area contributed by atoms with Gasteiger partial charge in [0.2, 0.25) is 17.7 Å². The van der Waals surface area contributed by atoms with Crippen LogP contribution in [-0.4, -0.2) is 69.8 Å². The Labute approximate surface area is 199 Å². The summed E-state index contributed by atoms with van der Waals surface area (Å²) < 4.78 is 0. The van der Waals surface area contributed by atoms with Crippen LogP contribution in [0.5, 0.6) is 5.75 Å². The van der Waals surface area contributed by atoms with E-state index in [0.29, 0.717) is 12.0 Å². The van der Waals surface area contributed by atoms with Gasteiger partial charge in [-0.25, -0.2) is 4.79 Å². The minimum atomic E-state index is -1.36. The molecule has 11 nitrogen and oxygen atoms in total. The summed E-state index contributed by atoms with van der Waals surface area (Å²) in [6, 6.07) is 1.29. The lowest BCUT2D eigenvalue weighted by molar-refractivity contribution is -0.143. The number of carbonyl (C=O) groups excluding carboxylic acids is 3. The number of rotatable bonds is 13. The van der Waals surface area contributed by atoms with Gasteiger partial charge in [-0.3, -0.25) is 14.4 Å². The molecule has 1 aromatic rings. The van der Waals surface area contributed by atoms with Gasteiger partial charge in [0.1, 0.15) is 23.9 Å². The molecule has 0 radical (unpaired) electrons. The first-order chi connectivity index (χ1) is 15.8. The van der Waals surface area contributed by atoms with Crippen molar-refractivity contribution in [2.24, 2.45) is 17.6 Å². The highest BCUT2D eigenvalue weighted by Gasteiger charge is 2.31. The van der Waals surface area contributed by atoms with Crippen LogP contribution in [0.25, 0.3) is 0 Å². The molecule has 11 heteroatoms. The van der Waals surface area contributed by atoms with Crippen molar-refractivity contribution in [3.8, 4) is 5.75 Å². The van der Waals surface area contributed by atoms with Gasteiger partial charge in [0.15, 0.2) is 0 Å². The number of nitrogens with two attached hydrogens (primary N) is 1. The summed E-state index contributed by atoms with van der Waals surface area (Å²) in [5.41, 5.74) is 6.41. The minimum Gasteiger partial charge on any atom is -0.508 e. The van der Waals surface area contributed by atoms with Crippen LogP contribution in [-0.2, 0) is 25.6 Å². The van der Waals surface area contributed by atoms with E-state index in [2.05, 4.69) is 16.0 Å². The van der Waals surface area contributed by atoms with E-state index in [0.717, 1.165) is 0 Å². The zero-order valence-electron chi connectivity index (χ0n) is 19.9. The molecule has 8 N–H and O–H groups in total. The number of phenolic OH excluding ortho intramolecular Hbond substituents is 1. The van der Waals surface area contributed by atoms with Crippen molar-refractivity contribution in [2.45, 2.75) is 64.7 Å². The number of nitrogens with one attached hydrogen (secondary N) is 3. The maximum Gasteiger partial charge on any atom is 0.326 e. The number of carboxylic acids is 1. The average Bonchev–Trinajstić information content (AvgIpc) is 2.75. The summed E-state index contributed by atoms with van der Waals surface area (Å²) in [7, 11) is 0. The Morgan fingerprint density at radius 2 is 1.41 bits per heavy atom. The van der Waals surface area contributed by atoms with Gasteiger partial charge in [-0.15, -0.1) is 0 Å². The fraction of sp³-hybridized carbons (Fsp3) is 0.565. The molecule has 0 aromatic heterocycles. The normalized spacial score (nSPS) is 14.7. The molecule has 4 atom stereocenters. The standard InChI is InChI=1S/C23H36N4O7/c1-12(2)9-16(24)20(30)26-18(11-28)22(32)25-17(10-14-5-7-15(29)8-6-14)21(31)27-19(13(3)4)23(33)34/h5-8,12-13,16-19,28-29H,9-11,24H2,1-4H3,(H,25,32)(H,26,30)(H,27,31)(H,33,34). The summed E-state index contributed by atoms with van der Waals surface area (Å²) in [5.74, 6) is -3.68. The Hall–Kier alpha value is -3.18. The third kappa shape index (κ3) is 9.36. The lowest BCUT2D eigenvalue weighted by Crippen LogP contribution is -2.59. The number of aromatic hydroxyl groups is 1. The zero-order valence-corrected chi connectivity index (χ0v) is 19.9. The summed E-state index contributed by atoms with van der Waals surface area (Å²) in [6.07, 6.45) is 0.352.